The van der Waals surface area contributed by atoms with E-state index in [4.69, 9.17) is 0 Å². The smallest absolute Gasteiger partial charge is 0.176 e. The Bertz CT molecular complexity index is 322. The molecule has 0 fully saturated rings. The molecule has 1 heterocycles. The van der Waals surface area contributed by atoms with Crippen LogP contribution in [0.25, 0.3) is 0 Å². The maximum absolute atomic E-state index is 11.9. The molecule has 0 aliphatic carbocycles. The normalized spacial score (nSPS) is 13.2. The minimum Gasteiger partial charge on any atom is -0.309 e. The average molecular weight is 276 g/mol. The van der Waals surface area contributed by atoms with Crippen LogP contribution in [0.5, 0.6) is 0 Å². The summed E-state index contributed by atoms with van der Waals surface area (Å²) in [5, 5.41) is 0. The summed E-state index contributed by atoms with van der Waals surface area (Å²) in [7, 11) is 3.96. The number of thiophene rings is 1. The minimum atomic E-state index is 0.0653. The second kappa shape index (κ2) is 5.05. The van der Waals surface area contributed by atoms with Gasteiger partial charge < -0.3 is 4.90 Å². The molecule has 0 saturated carbocycles. The highest BCUT2D eigenvalue weighted by molar-refractivity contribution is 9.11. The maximum atomic E-state index is 11.9. The van der Waals surface area contributed by atoms with Crippen LogP contribution in [0.2, 0.25) is 0 Å². The molecule has 0 N–H and O–H groups in total. The molecule has 0 radical (unpaired) electrons. The number of hydrogen-bond acceptors (Lipinski definition) is 3. The van der Waals surface area contributed by atoms with E-state index in [1.54, 1.807) is 0 Å². The largest absolute Gasteiger partial charge is 0.309 e. The molecule has 0 saturated heterocycles. The van der Waals surface area contributed by atoms with Crippen LogP contribution >= 0.6 is 27.3 Å². The fourth-order valence-corrected chi connectivity index (χ4v) is 2.76. The molecule has 0 bridgehead atoms. The molecule has 1 unspecified atom stereocenters. The van der Waals surface area contributed by atoms with Crippen molar-refractivity contribution in [2.75, 3.05) is 20.6 Å². The van der Waals surface area contributed by atoms with Crippen LogP contribution in [-0.2, 0) is 0 Å². The number of carbonyl (C=O) groups excluding carboxylic acids is 1. The molecule has 14 heavy (non-hydrogen) atoms. The first-order valence-corrected chi connectivity index (χ1v) is 6.06. The number of rotatable bonds is 4. The van der Waals surface area contributed by atoms with E-state index in [0.29, 0.717) is 0 Å². The number of Topliss-reactive ketones (excluding diaryl/α,β-unsaturated/α-hetero) is 1. The third-order valence-electron chi connectivity index (χ3n) is 1.90. The molecule has 0 aliphatic heterocycles. The zero-order chi connectivity index (χ0) is 10.7. The van der Waals surface area contributed by atoms with E-state index in [0.717, 1.165) is 15.2 Å². The summed E-state index contributed by atoms with van der Waals surface area (Å²) < 4.78 is 1.01. The molecule has 4 heteroatoms. The Morgan fingerprint density at radius 1 is 1.57 bits per heavy atom. The predicted octanol–water partition coefficient (Wildman–Crippen LogP) is 2.89. The summed E-state index contributed by atoms with van der Waals surface area (Å²) in [5.74, 6) is 0.296. The van der Waals surface area contributed by atoms with Gasteiger partial charge >= 0.3 is 0 Å². The Labute approximate surface area is 97.1 Å². The Morgan fingerprint density at radius 2 is 2.21 bits per heavy atom. The zero-order valence-corrected chi connectivity index (χ0v) is 11.0. The van der Waals surface area contributed by atoms with Crippen molar-refractivity contribution >= 4 is 33.0 Å². The molecule has 1 aromatic heterocycles. The first kappa shape index (κ1) is 11.9. The van der Waals surface area contributed by atoms with Gasteiger partial charge in [0.15, 0.2) is 5.78 Å². The highest BCUT2D eigenvalue weighted by Gasteiger charge is 2.17. The molecular weight excluding hydrogens is 262 g/mol. The Balaban J connectivity index is 2.65. The molecule has 0 spiro atoms. The fourth-order valence-electron chi connectivity index (χ4n) is 1.32. The summed E-state index contributed by atoms with van der Waals surface area (Å²) >= 11 is 4.86. The van der Waals surface area contributed by atoms with Gasteiger partial charge in [-0.15, -0.1) is 11.3 Å². The molecule has 0 amide bonds. The lowest BCUT2D eigenvalue weighted by Gasteiger charge is -2.14. The van der Waals surface area contributed by atoms with Crippen molar-refractivity contribution in [3.05, 3.63) is 20.8 Å². The zero-order valence-electron chi connectivity index (χ0n) is 8.58. The predicted molar refractivity (Wildman–Crippen MR) is 64.1 cm³/mol. The monoisotopic (exact) mass is 275 g/mol. The molecule has 0 aromatic carbocycles. The van der Waals surface area contributed by atoms with Gasteiger partial charge in [-0.05, 0) is 42.2 Å². The number of hydrogen-bond donors (Lipinski definition) is 0. The summed E-state index contributed by atoms with van der Waals surface area (Å²) in [6, 6.07) is 3.80. The quantitative estimate of drug-likeness (QED) is 0.788. The number of ketones is 1. The highest BCUT2D eigenvalue weighted by atomic mass is 79.9. The van der Waals surface area contributed by atoms with Crippen LogP contribution in [0.3, 0.4) is 0 Å². The van der Waals surface area contributed by atoms with E-state index < -0.39 is 0 Å². The first-order chi connectivity index (χ1) is 6.50. The summed E-state index contributed by atoms with van der Waals surface area (Å²) in [4.78, 5) is 14.7. The van der Waals surface area contributed by atoms with Crippen molar-refractivity contribution < 1.29 is 4.79 Å². The van der Waals surface area contributed by atoms with Crippen LogP contribution in [0.15, 0.2) is 15.9 Å². The van der Waals surface area contributed by atoms with Gasteiger partial charge in [0.2, 0.25) is 0 Å². The van der Waals surface area contributed by atoms with Crippen LogP contribution in [-0.4, -0.2) is 31.3 Å². The van der Waals surface area contributed by atoms with Crippen molar-refractivity contribution in [2.45, 2.75) is 6.92 Å². The minimum absolute atomic E-state index is 0.0653. The molecule has 1 aromatic rings. The van der Waals surface area contributed by atoms with Crippen LogP contribution in [0, 0.1) is 5.92 Å². The van der Waals surface area contributed by atoms with Gasteiger partial charge in [-0.1, -0.05) is 6.92 Å². The van der Waals surface area contributed by atoms with Crippen molar-refractivity contribution in [2.24, 2.45) is 5.92 Å². The number of carbonyl (C=O) groups is 1. The third kappa shape index (κ3) is 3.19. The van der Waals surface area contributed by atoms with Gasteiger partial charge in [-0.2, -0.15) is 0 Å². The molecule has 2 nitrogen and oxygen atoms in total. The molecular formula is C10H14BrNOS. The Hall–Kier alpha value is -0.190. The lowest BCUT2D eigenvalue weighted by atomic mass is 10.1. The molecule has 1 atom stereocenters. The van der Waals surface area contributed by atoms with Gasteiger partial charge in [0.05, 0.1) is 8.66 Å². The van der Waals surface area contributed by atoms with Gasteiger partial charge in [-0.25, -0.2) is 0 Å². The van der Waals surface area contributed by atoms with Gasteiger partial charge in [0, 0.05) is 12.5 Å². The molecule has 78 valence electrons. The third-order valence-corrected chi connectivity index (χ3v) is 3.54. The van der Waals surface area contributed by atoms with Crippen LogP contribution in [0.1, 0.15) is 16.6 Å². The van der Waals surface area contributed by atoms with E-state index in [2.05, 4.69) is 15.9 Å². The van der Waals surface area contributed by atoms with Crippen LogP contribution in [0.4, 0.5) is 0 Å². The summed E-state index contributed by atoms with van der Waals surface area (Å²) in [5.41, 5.74) is 0. The fraction of sp³-hybridized carbons (Fsp3) is 0.500. The second-order valence-corrected chi connectivity index (χ2v) is 6.09. The number of halogens is 1. The molecule has 0 aliphatic rings. The Kier molecular flexibility index (Phi) is 4.29. The van der Waals surface area contributed by atoms with E-state index >= 15 is 0 Å². The van der Waals surface area contributed by atoms with Crippen molar-refractivity contribution in [1.29, 1.82) is 0 Å². The van der Waals surface area contributed by atoms with Crippen LogP contribution < -0.4 is 0 Å². The maximum Gasteiger partial charge on any atom is 0.176 e. The summed E-state index contributed by atoms with van der Waals surface area (Å²) in [6.07, 6.45) is 0. The molecule has 1 rings (SSSR count). The van der Waals surface area contributed by atoms with Crippen molar-refractivity contribution in [1.82, 2.24) is 4.90 Å². The lowest BCUT2D eigenvalue weighted by molar-refractivity contribution is 0.0914. The first-order valence-electron chi connectivity index (χ1n) is 4.45. The van der Waals surface area contributed by atoms with E-state index in [1.807, 2.05) is 38.1 Å². The van der Waals surface area contributed by atoms with E-state index in [9.17, 15) is 4.79 Å². The van der Waals surface area contributed by atoms with Gasteiger partial charge in [0.1, 0.15) is 0 Å². The van der Waals surface area contributed by atoms with Crippen molar-refractivity contribution in [3.63, 3.8) is 0 Å². The van der Waals surface area contributed by atoms with Gasteiger partial charge in [0.25, 0.3) is 0 Å². The average Bonchev–Trinajstić information content (AvgIpc) is 2.49. The highest BCUT2D eigenvalue weighted by Crippen LogP contribution is 2.24. The SMILES string of the molecule is CC(CN(C)C)C(=O)c1ccc(Br)s1. The van der Waals surface area contributed by atoms with E-state index in [1.165, 1.54) is 11.3 Å². The topological polar surface area (TPSA) is 20.3 Å². The van der Waals surface area contributed by atoms with Crippen molar-refractivity contribution in [3.8, 4) is 0 Å². The summed E-state index contributed by atoms with van der Waals surface area (Å²) in [6.45, 7) is 2.77. The lowest BCUT2D eigenvalue weighted by Crippen LogP contribution is -2.25. The van der Waals surface area contributed by atoms with E-state index in [-0.39, 0.29) is 11.7 Å². The second-order valence-electron chi connectivity index (χ2n) is 3.63. The standard InChI is InChI=1S/C10H14BrNOS/c1-7(6-12(2)3)10(13)8-4-5-9(11)14-8/h4-5,7H,6H2,1-3H3. The number of nitrogens with zero attached hydrogens (tertiary/aromatic N) is 1. The van der Waals surface area contributed by atoms with Gasteiger partial charge in [-0.3, -0.25) is 4.79 Å². The Morgan fingerprint density at radius 3 is 2.64 bits per heavy atom.